The van der Waals surface area contributed by atoms with E-state index in [0.29, 0.717) is 17.2 Å². The largest absolute Gasteiger partial charge is 0.487 e. The van der Waals surface area contributed by atoms with Crippen LogP contribution in [0.5, 0.6) is 5.75 Å². The summed E-state index contributed by atoms with van der Waals surface area (Å²) in [5, 5.41) is 2.84. The first-order valence-electron chi connectivity index (χ1n) is 6.56. The van der Waals surface area contributed by atoms with E-state index in [1.807, 2.05) is 0 Å². The molecule has 2 rings (SSSR count). The number of benzene rings is 1. The molecule has 6 heteroatoms. The summed E-state index contributed by atoms with van der Waals surface area (Å²) in [6.07, 6.45) is 2.45. The van der Waals surface area contributed by atoms with Crippen molar-refractivity contribution in [2.45, 2.75) is 25.4 Å². The number of ether oxygens (including phenoxy) is 2. The van der Waals surface area contributed by atoms with Crippen molar-refractivity contribution in [1.29, 1.82) is 0 Å². The van der Waals surface area contributed by atoms with Gasteiger partial charge in [0.2, 0.25) is 5.91 Å². The average molecular weight is 294 g/mol. The molecule has 1 unspecified atom stereocenters. The maximum Gasteiger partial charge on any atom is 0.226 e. The van der Waals surface area contributed by atoms with E-state index >= 15 is 0 Å². The fourth-order valence-electron chi connectivity index (χ4n) is 2.01. The van der Waals surface area contributed by atoms with Gasteiger partial charge in [0.25, 0.3) is 0 Å². The number of hydrogen-bond donors (Lipinski definition) is 2. The van der Waals surface area contributed by atoms with Crippen molar-refractivity contribution in [2.24, 2.45) is 5.73 Å². The topological polar surface area (TPSA) is 73.6 Å². The maximum absolute atomic E-state index is 11.8. The molecule has 1 aliphatic rings. The highest BCUT2D eigenvalue weighted by Crippen LogP contribution is 2.18. The number of carbonyl (C=O) groups excluding carboxylic acids is 1. The van der Waals surface area contributed by atoms with Crippen LogP contribution in [0.25, 0.3) is 0 Å². The van der Waals surface area contributed by atoms with Crippen LogP contribution >= 0.6 is 12.2 Å². The van der Waals surface area contributed by atoms with E-state index in [1.165, 1.54) is 0 Å². The summed E-state index contributed by atoms with van der Waals surface area (Å²) in [6.45, 7) is 0.965. The second kappa shape index (κ2) is 7.21. The summed E-state index contributed by atoms with van der Waals surface area (Å²) in [7, 11) is 0. The molecule has 1 aromatic carbocycles. The highest BCUT2D eigenvalue weighted by Gasteiger charge is 2.18. The van der Waals surface area contributed by atoms with Gasteiger partial charge < -0.3 is 20.5 Å². The summed E-state index contributed by atoms with van der Waals surface area (Å²) in [5.41, 5.74) is 6.08. The van der Waals surface area contributed by atoms with Crippen molar-refractivity contribution in [3.63, 3.8) is 0 Å². The molecule has 0 aromatic heterocycles. The summed E-state index contributed by atoms with van der Waals surface area (Å²) < 4.78 is 10.8. The molecule has 108 valence electrons. The second-order valence-electron chi connectivity index (χ2n) is 4.67. The van der Waals surface area contributed by atoms with Gasteiger partial charge in [0.1, 0.15) is 17.3 Å². The molecule has 1 heterocycles. The van der Waals surface area contributed by atoms with Gasteiger partial charge in [-0.3, -0.25) is 4.79 Å². The van der Waals surface area contributed by atoms with Crippen molar-refractivity contribution >= 4 is 28.8 Å². The minimum absolute atomic E-state index is 0.0336. The van der Waals surface area contributed by atoms with Gasteiger partial charge in [0.05, 0.1) is 12.5 Å². The smallest absolute Gasteiger partial charge is 0.226 e. The van der Waals surface area contributed by atoms with Gasteiger partial charge >= 0.3 is 0 Å². The molecule has 1 aromatic rings. The molecule has 1 aliphatic heterocycles. The SMILES string of the molecule is NC(=S)COc1ccc(NC(=O)CC2CCCO2)cc1. The Morgan fingerprint density at radius 1 is 1.45 bits per heavy atom. The molecule has 0 spiro atoms. The lowest BCUT2D eigenvalue weighted by Gasteiger charge is -2.10. The molecular formula is C14H18N2O3S. The lowest BCUT2D eigenvalue weighted by molar-refractivity contribution is -0.118. The van der Waals surface area contributed by atoms with Crippen molar-refractivity contribution in [3.8, 4) is 5.75 Å². The molecule has 1 amide bonds. The third kappa shape index (κ3) is 4.79. The van der Waals surface area contributed by atoms with Crippen LogP contribution in [0.2, 0.25) is 0 Å². The standard InChI is InChI=1S/C14H18N2O3S/c15-13(20)9-19-11-5-3-10(4-6-11)16-14(17)8-12-2-1-7-18-12/h3-6,12H,1-2,7-9H2,(H2,15,20)(H,16,17). The number of hydrogen-bond acceptors (Lipinski definition) is 4. The molecule has 1 fully saturated rings. The zero-order valence-electron chi connectivity index (χ0n) is 11.1. The number of thiocarbonyl (C=S) groups is 1. The van der Waals surface area contributed by atoms with Crippen LogP contribution < -0.4 is 15.8 Å². The fourth-order valence-corrected chi connectivity index (χ4v) is 2.07. The van der Waals surface area contributed by atoms with Gasteiger partial charge in [-0.1, -0.05) is 12.2 Å². The molecule has 20 heavy (non-hydrogen) atoms. The Labute approximate surface area is 123 Å². The molecule has 0 saturated carbocycles. The zero-order chi connectivity index (χ0) is 14.4. The van der Waals surface area contributed by atoms with Crippen LogP contribution in [0.1, 0.15) is 19.3 Å². The Bertz CT molecular complexity index is 470. The van der Waals surface area contributed by atoms with E-state index in [-0.39, 0.29) is 18.6 Å². The molecule has 1 atom stereocenters. The molecule has 1 saturated heterocycles. The summed E-state index contributed by atoms with van der Waals surface area (Å²) in [6, 6.07) is 7.09. The summed E-state index contributed by atoms with van der Waals surface area (Å²) in [5.74, 6) is 0.628. The van der Waals surface area contributed by atoms with Crippen molar-refractivity contribution in [3.05, 3.63) is 24.3 Å². The molecule has 0 aliphatic carbocycles. The third-order valence-corrected chi connectivity index (χ3v) is 3.07. The highest BCUT2D eigenvalue weighted by molar-refractivity contribution is 7.80. The minimum atomic E-state index is -0.0336. The Balaban J connectivity index is 1.80. The van der Waals surface area contributed by atoms with Crippen LogP contribution in [-0.2, 0) is 9.53 Å². The minimum Gasteiger partial charge on any atom is -0.487 e. The first kappa shape index (κ1) is 14.7. The van der Waals surface area contributed by atoms with E-state index in [2.05, 4.69) is 5.32 Å². The molecule has 3 N–H and O–H groups in total. The summed E-state index contributed by atoms with van der Waals surface area (Å²) in [4.78, 5) is 12.1. The lowest BCUT2D eigenvalue weighted by Crippen LogP contribution is -2.19. The predicted molar refractivity (Wildman–Crippen MR) is 80.9 cm³/mol. The van der Waals surface area contributed by atoms with Crippen LogP contribution in [0.15, 0.2) is 24.3 Å². The Kier molecular flexibility index (Phi) is 5.31. The Morgan fingerprint density at radius 2 is 2.20 bits per heavy atom. The van der Waals surface area contributed by atoms with E-state index in [1.54, 1.807) is 24.3 Å². The quantitative estimate of drug-likeness (QED) is 0.783. The van der Waals surface area contributed by atoms with Gasteiger partial charge in [-0.05, 0) is 37.1 Å². The van der Waals surface area contributed by atoms with Gasteiger partial charge in [-0.2, -0.15) is 0 Å². The first-order valence-corrected chi connectivity index (χ1v) is 6.97. The van der Waals surface area contributed by atoms with Gasteiger partial charge in [0, 0.05) is 12.3 Å². The summed E-state index contributed by atoms with van der Waals surface area (Å²) >= 11 is 4.73. The van der Waals surface area contributed by atoms with E-state index in [9.17, 15) is 4.79 Å². The van der Waals surface area contributed by atoms with Crippen molar-refractivity contribution in [1.82, 2.24) is 0 Å². The van der Waals surface area contributed by atoms with Gasteiger partial charge in [0.15, 0.2) is 0 Å². The number of amides is 1. The monoisotopic (exact) mass is 294 g/mol. The van der Waals surface area contributed by atoms with Gasteiger partial charge in [-0.25, -0.2) is 0 Å². The van der Waals surface area contributed by atoms with E-state index in [0.717, 1.165) is 25.1 Å². The van der Waals surface area contributed by atoms with Gasteiger partial charge in [-0.15, -0.1) is 0 Å². The van der Waals surface area contributed by atoms with E-state index < -0.39 is 0 Å². The van der Waals surface area contributed by atoms with Crippen LogP contribution in [-0.4, -0.2) is 30.2 Å². The van der Waals surface area contributed by atoms with Crippen LogP contribution in [0.4, 0.5) is 5.69 Å². The van der Waals surface area contributed by atoms with Crippen LogP contribution in [0, 0.1) is 0 Å². The third-order valence-electron chi connectivity index (χ3n) is 2.96. The van der Waals surface area contributed by atoms with Crippen molar-refractivity contribution in [2.75, 3.05) is 18.5 Å². The maximum atomic E-state index is 11.8. The number of nitrogens with one attached hydrogen (secondary N) is 1. The van der Waals surface area contributed by atoms with E-state index in [4.69, 9.17) is 27.4 Å². The Hall–Kier alpha value is -1.66. The fraction of sp³-hybridized carbons (Fsp3) is 0.429. The second-order valence-corrected chi connectivity index (χ2v) is 5.19. The number of rotatable bonds is 6. The number of anilines is 1. The highest BCUT2D eigenvalue weighted by atomic mass is 32.1. The van der Waals surface area contributed by atoms with Crippen LogP contribution in [0.3, 0.4) is 0 Å². The average Bonchev–Trinajstić information content (AvgIpc) is 2.90. The molecule has 5 nitrogen and oxygen atoms in total. The number of carbonyl (C=O) groups is 1. The molecular weight excluding hydrogens is 276 g/mol. The number of nitrogens with two attached hydrogens (primary N) is 1. The normalized spacial score (nSPS) is 17.7. The van der Waals surface area contributed by atoms with Crippen molar-refractivity contribution < 1.29 is 14.3 Å². The first-order chi connectivity index (χ1) is 9.63. The Morgan fingerprint density at radius 3 is 2.80 bits per heavy atom. The predicted octanol–water partition coefficient (Wildman–Crippen LogP) is 1.86. The molecule has 0 radical (unpaired) electrons. The molecule has 0 bridgehead atoms. The lowest BCUT2D eigenvalue weighted by atomic mass is 10.2. The zero-order valence-corrected chi connectivity index (χ0v) is 11.9.